The number of hydrogen-bond donors (Lipinski definition) is 2. The van der Waals surface area contributed by atoms with Gasteiger partial charge in [0.25, 0.3) is 5.91 Å². The lowest BCUT2D eigenvalue weighted by Gasteiger charge is -2.42. The van der Waals surface area contributed by atoms with Crippen LogP contribution in [0.5, 0.6) is 0 Å². The molecule has 1 aliphatic carbocycles. The van der Waals surface area contributed by atoms with E-state index in [4.69, 9.17) is 0 Å². The number of halogens is 4. The fourth-order valence-corrected chi connectivity index (χ4v) is 4.70. The van der Waals surface area contributed by atoms with Gasteiger partial charge in [-0.3, -0.25) is 14.5 Å². The summed E-state index contributed by atoms with van der Waals surface area (Å²) in [7, 11) is 0. The van der Waals surface area contributed by atoms with E-state index < -0.39 is 54.0 Å². The van der Waals surface area contributed by atoms with Gasteiger partial charge in [-0.15, -0.1) is 0 Å². The Morgan fingerprint density at radius 1 is 1.21 bits per heavy atom. The Kier molecular flexibility index (Phi) is 6.77. The van der Waals surface area contributed by atoms with Gasteiger partial charge in [0, 0.05) is 6.54 Å². The van der Waals surface area contributed by atoms with Crippen LogP contribution in [0.25, 0.3) is 0 Å². The number of carbonyl (C=O) groups excluding carboxylic acids is 3. The zero-order chi connectivity index (χ0) is 24.6. The summed E-state index contributed by atoms with van der Waals surface area (Å²) in [5.74, 6) is -1.88. The molecule has 182 valence electrons. The van der Waals surface area contributed by atoms with Crippen LogP contribution in [-0.4, -0.2) is 34.8 Å². The van der Waals surface area contributed by atoms with Gasteiger partial charge in [0.05, 0.1) is 5.56 Å². The molecule has 10 heteroatoms. The van der Waals surface area contributed by atoms with E-state index in [0.717, 1.165) is 36.3 Å². The standard InChI is InChI=1S/C23H29F4N3O3/c1-4-21(2,3)15-7-9-22(10-8-15)19(32)30(20(33)29-22)13-18(31)28-12-14-5-6-16(24)11-17(14)23(25,26)27/h5-6,11,15H,4,7-10,12-13H2,1-3H3,(H,28,31)(H,29,33). The van der Waals surface area contributed by atoms with Gasteiger partial charge >= 0.3 is 12.2 Å². The van der Waals surface area contributed by atoms with Crippen molar-refractivity contribution in [3.05, 3.63) is 35.1 Å². The van der Waals surface area contributed by atoms with Gasteiger partial charge in [-0.25, -0.2) is 9.18 Å². The zero-order valence-corrected chi connectivity index (χ0v) is 18.9. The van der Waals surface area contributed by atoms with Crippen LogP contribution in [0.2, 0.25) is 0 Å². The highest BCUT2D eigenvalue weighted by atomic mass is 19.4. The number of nitrogens with zero attached hydrogens (tertiary/aromatic N) is 1. The van der Waals surface area contributed by atoms with E-state index in [0.29, 0.717) is 24.8 Å². The Morgan fingerprint density at radius 2 is 1.85 bits per heavy atom. The van der Waals surface area contributed by atoms with E-state index >= 15 is 0 Å². The second kappa shape index (κ2) is 8.95. The summed E-state index contributed by atoms with van der Waals surface area (Å²) in [5.41, 5.74) is -2.41. The minimum atomic E-state index is -4.79. The van der Waals surface area contributed by atoms with E-state index in [1.807, 2.05) is 0 Å². The minimum absolute atomic E-state index is 0.127. The molecule has 1 aliphatic heterocycles. The molecule has 3 rings (SSSR count). The summed E-state index contributed by atoms with van der Waals surface area (Å²) in [6.45, 7) is 5.38. The zero-order valence-electron chi connectivity index (χ0n) is 18.9. The summed E-state index contributed by atoms with van der Waals surface area (Å²) in [5, 5.41) is 5.03. The second-order valence-corrected chi connectivity index (χ2v) is 9.60. The Bertz CT molecular complexity index is 937. The Hall–Kier alpha value is -2.65. The van der Waals surface area contributed by atoms with Crippen molar-refractivity contribution in [3.63, 3.8) is 0 Å². The average Bonchev–Trinajstić information content (AvgIpc) is 2.96. The van der Waals surface area contributed by atoms with E-state index in [-0.39, 0.29) is 11.0 Å². The summed E-state index contributed by atoms with van der Waals surface area (Å²) in [6.07, 6.45) is -1.27. The second-order valence-electron chi connectivity index (χ2n) is 9.60. The Balaban J connectivity index is 1.62. The van der Waals surface area contributed by atoms with E-state index in [2.05, 4.69) is 31.4 Å². The van der Waals surface area contributed by atoms with Gasteiger partial charge in [-0.2, -0.15) is 13.2 Å². The van der Waals surface area contributed by atoms with Gasteiger partial charge in [-0.05, 0) is 54.7 Å². The number of amides is 4. The average molecular weight is 471 g/mol. The maximum atomic E-state index is 13.2. The molecule has 0 bridgehead atoms. The molecule has 1 aromatic rings. The minimum Gasteiger partial charge on any atom is -0.350 e. The van der Waals surface area contributed by atoms with Crippen molar-refractivity contribution in [1.29, 1.82) is 0 Å². The van der Waals surface area contributed by atoms with Gasteiger partial charge < -0.3 is 10.6 Å². The van der Waals surface area contributed by atoms with Crippen LogP contribution in [0.1, 0.15) is 64.0 Å². The molecule has 0 radical (unpaired) electrons. The number of carbonyl (C=O) groups is 3. The quantitative estimate of drug-likeness (QED) is 0.478. The topological polar surface area (TPSA) is 78.5 Å². The smallest absolute Gasteiger partial charge is 0.350 e. The van der Waals surface area contributed by atoms with Gasteiger partial charge in [-0.1, -0.05) is 33.3 Å². The van der Waals surface area contributed by atoms with Crippen molar-refractivity contribution < 1.29 is 31.9 Å². The molecule has 1 aromatic carbocycles. The van der Waals surface area contributed by atoms with Crippen LogP contribution in [0.15, 0.2) is 18.2 Å². The summed E-state index contributed by atoms with van der Waals surface area (Å²) in [4.78, 5) is 38.6. The highest BCUT2D eigenvalue weighted by molar-refractivity contribution is 6.09. The van der Waals surface area contributed by atoms with E-state index in [9.17, 15) is 31.9 Å². The summed E-state index contributed by atoms with van der Waals surface area (Å²) < 4.78 is 52.6. The predicted molar refractivity (Wildman–Crippen MR) is 112 cm³/mol. The molecular weight excluding hydrogens is 442 g/mol. The summed E-state index contributed by atoms with van der Waals surface area (Å²) in [6, 6.07) is 1.49. The van der Waals surface area contributed by atoms with Crippen molar-refractivity contribution >= 4 is 17.8 Å². The largest absolute Gasteiger partial charge is 0.416 e. The van der Waals surface area contributed by atoms with Crippen molar-refractivity contribution in [3.8, 4) is 0 Å². The molecule has 1 heterocycles. The first-order chi connectivity index (χ1) is 15.3. The molecule has 2 fully saturated rings. The SMILES string of the molecule is CCC(C)(C)C1CCC2(CC1)NC(=O)N(CC(=O)NCc1ccc(F)cc1C(F)(F)F)C2=O. The predicted octanol–water partition coefficient (Wildman–Crippen LogP) is 4.38. The van der Waals surface area contributed by atoms with E-state index in [1.54, 1.807) is 0 Å². The van der Waals surface area contributed by atoms with Crippen molar-refractivity contribution in [2.45, 2.75) is 71.1 Å². The number of hydrogen-bond acceptors (Lipinski definition) is 3. The molecule has 4 amide bonds. The first kappa shape index (κ1) is 25.0. The van der Waals surface area contributed by atoms with Crippen molar-refractivity contribution in [1.82, 2.24) is 15.5 Å². The van der Waals surface area contributed by atoms with Crippen LogP contribution in [0.4, 0.5) is 22.4 Å². The molecule has 0 aromatic heterocycles. The number of alkyl halides is 3. The third-order valence-electron chi connectivity index (χ3n) is 7.26. The number of urea groups is 1. The molecule has 1 saturated carbocycles. The molecule has 1 spiro atoms. The fourth-order valence-electron chi connectivity index (χ4n) is 4.70. The number of imide groups is 1. The molecule has 0 atom stereocenters. The Labute approximate surface area is 190 Å². The lowest BCUT2D eigenvalue weighted by Crippen LogP contribution is -2.51. The summed E-state index contributed by atoms with van der Waals surface area (Å²) >= 11 is 0. The molecule has 6 nitrogen and oxygen atoms in total. The van der Waals surface area contributed by atoms with Crippen LogP contribution in [0, 0.1) is 17.2 Å². The van der Waals surface area contributed by atoms with Crippen molar-refractivity contribution in [2.24, 2.45) is 11.3 Å². The third-order valence-corrected chi connectivity index (χ3v) is 7.26. The lowest BCUT2D eigenvalue weighted by molar-refractivity contribution is -0.138. The molecular formula is C23H29F4N3O3. The van der Waals surface area contributed by atoms with Gasteiger partial charge in [0.15, 0.2) is 0 Å². The van der Waals surface area contributed by atoms with Crippen LogP contribution in [0.3, 0.4) is 0 Å². The number of benzene rings is 1. The fraction of sp³-hybridized carbons (Fsp3) is 0.609. The highest BCUT2D eigenvalue weighted by Gasteiger charge is 2.53. The van der Waals surface area contributed by atoms with Crippen molar-refractivity contribution in [2.75, 3.05) is 6.54 Å². The molecule has 1 saturated heterocycles. The molecule has 2 N–H and O–H groups in total. The monoisotopic (exact) mass is 471 g/mol. The van der Waals surface area contributed by atoms with Crippen LogP contribution in [-0.2, 0) is 22.3 Å². The maximum Gasteiger partial charge on any atom is 0.416 e. The molecule has 33 heavy (non-hydrogen) atoms. The molecule has 0 unspecified atom stereocenters. The highest BCUT2D eigenvalue weighted by Crippen LogP contribution is 2.45. The number of rotatable bonds is 6. The van der Waals surface area contributed by atoms with Gasteiger partial charge in [0.2, 0.25) is 5.91 Å². The van der Waals surface area contributed by atoms with Crippen LogP contribution >= 0.6 is 0 Å². The molecule has 2 aliphatic rings. The number of nitrogens with one attached hydrogen (secondary N) is 2. The van der Waals surface area contributed by atoms with E-state index in [1.165, 1.54) is 0 Å². The first-order valence-corrected chi connectivity index (χ1v) is 11.1. The van der Waals surface area contributed by atoms with Gasteiger partial charge in [0.1, 0.15) is 17.9 Å². The lowest BCUT2D eigenvalue weighted by atomic mass is 9.65. The third kappa shape index (κ3) is 5.14. The maximum absolute atomic E-state index is 13.2. The Morgan fingerprint density at radius 3 is 2.42 bits per heavy atom. The van der Waals surface area contributed by atoms with Crippen LogP contribution < -0.4 is 10.6 Å². The first-order valence-electron chi connectivity index (χ1n) is 11.1. The normalized spacial score (nSPS) is 23.7.